The van der Waals surface area contributed by atoms with E-state index in [-0.39, 0.29) is 5.56 Å². The summed E-state index contributed by atoms with van der Waals surface area (Å²) >= 11 is 12.1. The molecule has 0 fully saturated rings. The lowest BCUT2D eigenvalue weighted by atomic mass is 10.0. The number of para-hydroxylation sites is 1. The highest BCUT2D eigenvalue weighted by Crippen LogP contribution is 2.32. The fourth-order valence-electron chi connectivity index (χ4n) is 2.68. The van der Waals surface area contributed by atoms with Crippen LogP contribution in [0.2, 0.25) is 10.0 Å². The summed E-state index contributed by atoms with van der Waals surface area (Å²) in [6.07, 6.45) is 0.526. The van der Waals surface area contributed by atoms with Gasteiger partial charge in [0, 0.05) is 15.6 Å². The van der Waals surface area contributed by atoms with Crippen LogP contribution in [-0.2, 0) is 6.42 Å². The number of halogens is 2. The first kappa shape index (κ1) is 16.6. The third-order valence-electron chi connectivity index (χ3n) is 3.67. The van der Waals surface area contributed by atoms with Crippen molar-refractivity contribution in [2.24, 2.45) is 0 Å². The second-order valence-corrected chi connectivity index (χ2v) is 6.11. The van der Waals surface area contributed by atoms with Crippen LogP contribution in [0, 0.1) is 0 Å². The van der Waals surface area contributed by atoms with Crippen LogP contribution in [0.3, 0.4) is 0 Å². The van der Waals surface area contributed by atoms with Gasteiger partial charge in [-0.15, -0.1) is 0 Å². The Labute approximate surface area is 149 Å². The van der Waals surface area contributed by atoms with Crippen LogP contribution in [0.5, 0.6) is 0 Å². The number of carbonyl (C=O) groups is 1. The first-order chi connectivity index (χ1) is 11.5. The van der Waals surface area contributed by atoms with Crippen LogP contribution in [0.25, 0.3) is 16.9 Å². The summed E-state index contributed by atoms with van der Waals surface area (Å²) in [6, 6.07) is 14.4. The Balaban J connectivity index is 2.30. The smallest absolute Gasteiger partial charge is 0.339 e. The Kier molecular flexibility index (Phi) is 4.60. The van der Waals surface area contributed by atoms with Crippen LogP contribution in [-0.4, -0.2) is 20.9 Å². The highest BCUT2D eigenvalue weighted by atomic mass is 35.5. The van der Waals surface area contributed by atoms with E-state index >= 15 is 0 Å². The van der Waals surface area contributed by atoms with Gasteiger partial charge in [-0.05, 0) is 36.8 Å². The minimum Gasteiger partial charge on any atom is -0.478 e. The van der Waals surface area contributed by atoms with E-state index in [0.717, 1.165) is 5.69 Å². The summed E-state index contributed by atoms with van der Waals surface area (Å²) in [7, 11) is 0. The highest BCUT2D eigenvalue weighted by molar-refractivity contribution is 6.35. The van der Waals surface area contributed by atoms with Crippen LogP contribution in [0.1, 0.15) is 23.0 Å². The maximum absolute atomic E-state index is 11.9. The van der Waals surface area contributed by atoms with Crippen LogP contribution < -0.4 is 0 Å². The standard InChI is InChI=1S/C18H14Cl2N2O2/c1-2-15-16(18(23)24)17(11-8-12(19)10-13(20)9-11)21-22(15)14-6-4-3-5-7-14/h3-10H,2H2,1H3,(H,23,24). The van der Waals surface area contributed by atoms with Crippen molar-refractivity contribution in [3.63, 3.8) is 0 Å². The van der Waals surface area contributed by atoms with Crippen molar-refractivity contribution in [2.75, 3.05) is 0 Å². The minimum absolute atomic E-state index is 0.166. The molecule has 1 heterocycles. The van der Waals surface area contributed by atoms with Gasteiger partial charge in [0.05, 0.1) is 11.4 Å². The molecule has 0 amide bonds. The Morgan fingerprint density at radius 2 is 1.75 bits per heavy atom. The number of carboxylic acids is 1. The molecule has 0 bridgehead atoms. The fraction of sp³-hybridized carbons (Fsp3) is 0.111. The topological polar surface area (TPSA) is 55.1 Å². The van der Waals surface area contributed by atoms with E-state index in [1.807, 2.05) is 37.3 Å². The monoisotopic (exact) mass is 360 g/mol. The number of nitrogens with zero attached hydrogens (tertiary/aromatic N) is 2. The van der Waals surface area contributed by atoms with Gasteiger partial charge in [0.2, 0.25) is 0 Å². The van der Waals surface area contributed by atoms with E-state index < -0.39 is 5.97 Å². The Hall–Kier alpha value is -2.30. The molecule has 0 radical (unpaired) electrons. The highest BCUT2D eigenvalue weighted by Gasteiger charge is 2.24. The summed E-state index contributed by atoms with van der Waals surface area (Å²) in [5.41, 5.74) is 2.53. The molecule has 0 spiro atoms. The van der Waals surface area contributed by atoms with Gasteiger partial charge in [0.1, 0.15) is 11.3 Å². The van der Waals surface area contributed by atoms with E-state index in [1.54, 1.807) is 22.9 Å². The van der Waals surface area contributed by atoms with Crippen molar-refractivity contribution < 1.29 is 9.90 Å². The number of carboxylic acid groups (broad SMARTS) is 1. The van der Waals surface area contributed by atoms with Gasteiger partial charge in [0.15, 0.2) is 0 Å². The predicted molar refractivity (Wildman–Crippen MR) is 95.4 cm³/mol. The Morgan fingerprint density at radius 3 is 2.29 bits per heavy atom. The SMILES string of the molecule is CCc1c(C(=O)O)c(-c2cc(Cl)cc(Cl)c2)nn1-c1ccccc1. The maximum Gasteiger partial charge on any atom is 0.339 e. The largest absolute Gasteiger partial charge is 0.478 e. The summed E-state index contributed by atoms with van der Waals surface area (Å²) in [5.74, 6) is -1.03. The number of hydrogen-bond donors (Lipinski definition) is 1. The second-order valence-electron chi connectivity index (χ2n) is 5.23. The number of rotatable bonds is 4. The molecule has 0 unspecified atom stereocenters. The van der Waals surface area contributed by atoms with E-state index in [1.165, 1.54) is 0 Å². The molecule has 0 atom stereocenters. The molecule has 24 heavy (non-hydrogen) atoms. The average molecular weight is 361 g/mol. The molecular formula is C18H14Cl2N2O2. The summed E-state index contributed by atoms with van der Waals surface area (Å²) in [6.45, 7) is 1.90. The minimum atomic E-state index is -1.03. The lowest BCUT2D eigenvalue weighted by Crippen LogP contribution is -2.05. The van der Waals surface area contributed by atoms with Gasteiger partial charge < -0.3 is 5.11 Å². The van der Waals surface area contributed by atoms with Crippen molar-refractivity contribution in [1.29, 1.82) is 0 Å². The van der Waals surface area contributed by atoms with Gasteiger partial charge in [-0.2, -0.15) is 5.10 Å². The lowest BCUT2D eigenvalue weighted by molar-refractivity contribution is 0.0696. The molecule has 0 aliphatic heterocycles. The van der Waals surface area contributed by atoms with Gasteiger partial charge in [0.25, 0.3) is 0 Å². The lowest BCUT2D eigenvalue weighted by Gasteiger charge is -2.05. The molecule has 4 nitrogen and oxygen atoms in total. The molecule has 1 aromatic heterocycles. The van der Waals surface area contributed by atoms with E-state index in [2.05, 4.69) is 5.10 Å². The zero-order chi connectivity index (χ0) is 17.3. The summed E-state index contributed by atoms with van der Waals surface area (Å²) in [4.78, 5) is 11.9. The van der Waals surface area contributed by atoms with Crippen molar-refractivity contribution in [1.82, 2.24) is 9.78 Å². The van der Waals surface area contributed by atoms with Gasteiger partial charge in [-0.1, -0.05) is 48.3 Å². The number of benzene rings is 2. The second kappa shape index (κ2) is 6.67. The number of aromatic carboxylic acids is 1. The molecule has 122 valence electrons. The molecule has 3 aromatic rings. The Bertz CT molecular complexity index is 885. The van der Waals surface area contributed by atoms with Crippen LogP contribution in [0.4, 0.5) is 0 Å². The van der Waals surface area contributed by atoms with Gasteiger partial charge in [-0.25, -0.2) is 9.48 Å². The average Bonchev–Trinajstić information content (AvgIpc) is 2.94. The zero-order valence-corrected chi connectivity index (χ0v) is 14.3. The first-order valence-corrected chi connectivity index (χ1v) is 8.14. The molecule has 0 saturated heterocycles. The third kappa shape index (κ3) is 3.03. The first-order valence-electron chi connectivity index (χ1n) is 7.38. The molecule has 3 rings (SSSR count). The number of hydrogen-bond acceptors (Lipinski definition) is 2. The molecule has 2 aromatic carbocycles. The van der Waals surface area contributed by atoms with Gasteiger partial charge in [-0.3, -0.25) is 0 Å². The Morgan fingerprint density at radius 1 is 1.12 bits per heavy atom. The molecule has 6 heteroatoms. The van der Waals surface area contributed by atoms with Crippen LogP contribution in [0.15, 0.2) is 48.5 Å². The number of aromatic nitrogens is 2. The molecule has 0 aliphatic carbocycles. The van der Waals surface area contributed by atoms with E-state index in [4.69, 9.17) is 23.2 Å². The zero-order valence-electron chi connectivity index (χ0n) is 12.8. The normalized spacial score (nSPS) is 10.8. The molecular weight excluding hydrogens is 347 g/mol. The van der Waals surface area contributed by atoms with Crippen LogP contribution >= 0.6 is 23.2 Å². The van der Waals surface area contributed by atoms with Crippen molar-refractivity contribution >= 4 is 29.2 Å². The molecule has 0 saturated carbocycles. The molecule has 0 aliphatic rings. The van der Waals surface area contributed by atoms with Crippen molar-refractivity contribution in [3.8, 4) is 16.9 Å². The maximum atomic E-state index is 11.9. The van der Waals surface area contributed by atoms with Crippen molar-refractivity contribution in [2.45, 2.75) is 13.3 Å². The van der Waals surface area contributed by atoms with E-state index in [9.17, 15) is 9.90 Å². The van der Waals surface area contributed by atoms with E-state index in [0.29, 0.717) is 33.4 Å². The predicted octanol–water partition coefficient (Wildman–Crippen LogP) is 5.11. The van der Waals surface area contributed by atoms with Gasteiger partial charge >= 0.3 is 5.97 Å². The molecule has 1 N–H and O–H groups in total. The quantitative estimate of drug-likeness (QED) is 0.703. The summed E-state index contributed by atoms with van der Waals surface area (Å²) < 4.78 is 1.66. The third-order valence-corrected chi connectivity index (χ3v) is 4.10. The fourth-order valence-corrected chi connectivity index (χ4v) is 3.21. The van der Waals surface area contributed by atoms with Crippen molar-refractivity contribution in [3.05, 3.63) is 69.8 Å². The summed E-state index contributed by atoms with van der Waals surface area (Å²) in [5, 5.41) is 15.1.